The number of rotatable bonds is 5. The summed E-state index contributed by atoms with van der Waals surface area (Å²) in [5, 5.41) is 2.93. The Labute approximate surface area is 73.5 Å². The Morgan fingerprint density at radius 1 is 1.58 bits per heavy atom. The molecule has 0 heterocycles. The van der Waals surface area contributed by atoms with E-state index in [1.807, 2.05) is 0 Å². The summed E-state index contributed by atoms with van der Waals surface area (Å²) in [5.41, 5.74) is 0. The summed E-state index contributed by atoms with van der Waals surface area (Å²) in [5.74, 6) is 5.46. The van der Waals surface area contributed by atoms with Gasteiger partial charge in [0.05, 0.1) is 13.2 Å². The van der Waals surface area contributed by atoms with Gasteiger partial charge in [-0.2, -0.15) is 0 Å². The first-order valence-corrected chi connectivity index (χ1v) is 4.07. The van der Waals surface area contributed by atoms with Crippen molar-refractivity contribution in [2.24, 2.45) is 0 Å². The van der Waals surface area contributed by atoms with Crippen molar-refractivity contribution in [3.05, 3.63) is 0 Å². The highest BCUT2D eigenvalue weighted by Gasteiger charge is 1.97. The first kappa shape index (κ1) is 11.0. The molecule has 3 heteroatoms. The van der Waals surface area contributed by atoms with Gasteiger partial charge < -0.3 is 10.1 Å². The molecule has 0 bridgehead atoms. The summed E-state index contributed by atoms with van der Waals surface area (Å²) < 4.78 is 4.71. The van der Waals surface area contributed by atoms with Crippen LogP contribution in [0.25, 0.3) is 0 Å². The van der Waals surface area contributed by atoms with Crippen LogP contribution in [0.3, 0.4) is 0 Å². The molecule has 0 aromatic heterocycles. The molecule has 0 spiro atoms. The van der Waals surface area contributed by atoms with Crippen LogP contribution in [-0.2, 0) is 9.53 Å². The second-order valence-electron chi connectivity index (χ2n) is 2.16. The summed E-state index contributed by atoms with van der Waals surface area (Å²) in [4.78, 5) is 10.8. The fourth-order valence-electron chi connectivity index (χ4n) is 0.678. The van der Waals surface area contributed by atoms with Crippen molar-refractivity contribution in [2.45, 2.75) is 20.3 Å². The predicted octanol–water partition coefficient (Wildman–Crippen LogP) is 0.552. The molecule has 0 rings (SSSR count). The molecule has 3 nitrogen and oxygen atoms in total. The number of nitrogens with one attached hydrogen (secondary N) is 1. The molecule has 0 aromatic rings. The van der Waals surface area contributed by atoms with Crippen LogP contribution in [0.1, 0.15) is 20.3 Å². The second kappa shape index (κ2) is 8.09. The lowest BCUT2D eigenvalue weighted by Crippen LogP contribution is -2.25. The number of hydrogen-bond acceptors (Lipinski definition) is 3. The number of esters is 1. The van der Waals surface area contributed by atoms with E-state index < -0.39 is 0 Å². The van der Waals surface area contributed by atoms with Crippen molar-refractivity contribution in [2.75, 3.05) is 19.7 Å². The van der Waals surface area contributed by atoms with E-state index in [1.54, 1.807) is 13.8 Å². The molecule has 0 amide bonds. The lowest BCUT2D eigenvalue weighted by molar-refractivity contribution is -0.141. The smallest absolute Gasteiger partial charge is 0.319 e. The Balaban J connectivity index is 3.17. The minimum atomic E-state index is -0.207. The number of hydrogen-bond donors (Lipinski definition) is 1. The largest absolute Gasteiger partial charge is 0.465 e. The molecule has 0 aliphatic heterocycles. The Bertz CT molecular complexity index is 179. The van der Waals surface area contributed by atoms with Crippen LogP contribution < -0.4 is 5.32 Å². The highest BCUT2D eigenvalue weighted by molar-refractivity contribution is 5.71. The van der Waals surface area contributed by atoms with E-state index in [2.05, 4.69) is 17.2 Å². The normalized spacial score (nSPS) is 8.50. The maximum absolute atomic E-state index is 10.8. The Hall–Kier alpha value is -1.01. The summed E-state index contributed by atoms with van der Waals surface area (Å²) in [6.45, 7) is 5.04. The maximum Gasteiger partial charge on any atom is 0.319 e. The van der Waals surface area contributed by atoms with Crippen LogP contribution in [0, 0.1) is 11.8 Å². The summed E-state index contributed by atoms with van der Waals surface area (Å²) >= 11 is 0. The van der Waals surface area contributed by atoms with Crippen molar-refractivity contribution in [3.8, 4) is 11.8 Å². The molecule has 0 unspecified atom stereocenters. The van der Waals surface area contributed by atoms with E-state index in [9.17, 15) is 4.79 Å². The van der Waals surface area contributed by atoms with E-state index in [0.717, 1.165) is 13.0 Å². The van der Waals surface area contributed by atoms with Gasteiger partial charge in [0.1, 0.15) is 0 Å². The van der Waals surface area contributed by atoms with Gasteiger partial charge in [-0.15, -0.1) is 11.8 Å². The van der Waals surface area contributed by atoms with Crippen molar-refractivity contribution in [1.29, 1.82) is 0 Å². The zero-order valence-electron chi connectivity index (χ0n) is 7.64. The van der Waals surface area contributed by atoms with Gasteiger partial charge in [0, 0.05) is 13.0 Å². The molecule has 0 saturated heterocycles. The number of carbonyl (C=O) groups excluding carboxylic acids is 1. The van der Waals surface area contributed by atoms with Gasteiger partial charge >= 0.3 is 5.97 Å². The van der Waals surface area contributed by atoms with Crippen LogP contribution >= 0.6 is 0 Å². The SMILES string of the molecule is CC#CCCNCC(=O)OCC. The van der Waals surface area contributed by atoms with Gasteiger partial charge in [0.15, 0.2) is 0 Å². The van der Waals surface area contributed by atoms with Crippen molar-refractivity contribution >= 4 is 5.97 Å². The minimum Gasteiger partial charge on any atom is -0.465 e. The van der Waals surface area contributed by atoms with Gasteiger partial charge in [-0.1, -0.05) is 0 Å². The van der Waals surface area contributed by atoms with Gasteiger partial charge in [-0.3, -0.25) is 4.79 Å². The van der Waals surface area contributed by atoms with Gasteiger partial charge in [0.2, 0.25) is 0 Å². The molecule has 0 atom stereocenters. The number of ether oxygens (including phenoxy) is 1. The Morgan fingerprint density at radius 3 is 2.92 bits per heavy atom. The third-order valence-electron chi connectivity index (χ3n) is 1.18. The Morgan fingerprint density at radius 2 is 2.33 bits per heavy atom. The molecule has 0 saturated carbocycles. The molecular formula is C9H15NO2. The lowest BCUT2D eigenvalue weighted by Gasteiger charge is -2.01. The van der Waals surface area contributed by atoms with E-state index >= 15 is 0 Å². The fraction of sp³-hybridized carbons (Fsp3) is 0.667. The van der Waals surface area contributed by atoms with Gasteiger partial charge in [0.25, 0.3) is 0 Å². The average molecular weight is 169 g/mol. The van der Waals surface area contributed by atoms with Crippen LogP contribution in [0.2, 0.25) is 0 Å². The van der Waals surface area contributed by atoms with Gasteiger partial charge in [-0.05, 0) is 13.8 Å². The fourth-order valence-corrected chi connectivity index (χ4v) is 0.678. The Kier molecular flexibility index (Phi) is 7.41. The summed E-state index contributed by atoms with van der Waals surface area (Å²) in [7, 11) is 0. The highest BCUT2D eigenvalue weighted by atomic mass is 16.5. The lowest BCUT2D eigenvalue weighted by atomic mass is 10.4. The first-order chi connectivity index (χ1) is 5.81. The summed E-state index contributed by atoms with van der Waals surface area (Å²) in [6, 6.07) is 0. The van der Waals surface area contributed by atoms with Crippen molar-refractivity contribution in [1.82, 2.24) is 5.32 Å². The van der Waals surface area contributed by atoms with E-state index in [4.69, 9.17) is 4.74 Å². The molecule has 0 radical (unpaired) electrons. The van der Waals surface area contributed by atoms with Crippen molar-refractivity contribution < 1.29 is 9.53 Å². The van der Waals surface area contributed by atoms with Crippen LogP contribution in [0.15, 0.2) is 0 Å². The van der Waals surface area contributed by atoms with Crippen molar-refractivity contribution in [3.63, 3.8) is 0 Å². The highest BCUT2D eigenvalue weighted by Crippen LogP contribution is 1.76. The molecule has 0 aromatic carbocycles. The van der Waals surface area contributed by atoms with Gasteiger partial charge in [-0.25, -0.2) is 0 Å². The zero-order valence-corrected chi connectivity index (χ0v) is 7.64. The third kappa shape index (κ3) is 7.10. The predicted molar refractivity (Wildman–Crippen MR) is 47.6 cm³/mol. The maximum atomic E-state index is 10.8. The monoisotopic (exact) mass is 169 g/mol. The van der Waals surface area contributed by atoms with Crippen LogP contribution in [0.4, 0.5) is 0 Å². The molecule has 0 aliphatic rings. The quantitative estimate of drug-likeness (QED) is 0.371. The molecule has 68 valence electrons. The van der Waals surface area contributed by atoms with E-state index in [-0.39, 0.29) is 12.5 Å². The molecular weight excluding hydrogens is 154 g/mol. The molecule has 0 aliphatic carbocycles. The molecule has 0 fully saturated rings. The van der Waals surface area contributed by atoms with Crippen LogP contribution in [0.5, 0.6) is 0 Å². The topological polar surface area (TPSA) is 38.3 Å². The molecule has 1 N–H and O–H groups in total. The number of carbonyl (C=O) groups is 1. The average Bonchev–Trinajstić information content (AvgIpc) is 2.05. The van der Waals surface area contributed by atoms with E-state index in [1.165, 1.54) is 0 Å². The first-order valence-electron chi connectivity index (χ1n) is 4.07. The van der Waals surface area contributed by atoms with Crippen LogP contribution in [-0.4, -0.2) is 25.7 Å². The second-order valence-corrected chi connectivity index (χ2v) is 2.16. The zero-order chi connectivity index (χ0) is 9.23. The molecule has 12 heavy (non-hydrogen) atoms. The van der Waals surface area contributed by atoms with E-state index in [0.29, 0.717) is 6.61 Å². The standard InChI is InChI=1S/C9H15NO2/c1-3-5-6-7-10-8-9(11)12-4-2/h10H,4,6-8H2,1-2H3. The minimum absolute atomic E-state index is 0.207. The third-order valence-corrected chi connectivity index (χ3v) is 1.18. The summed E-state index contributed by atoms with van der Waals surface area (Å²) in [6.07, 6.45) is 0.774.